The summed E-state index contributed by atoms with van der Waals surface area (Å²) in [5, 5.41) is 4.98. The maximum atomic E-state index is 5.95. The van der Waals surface area contributed by atoms with Gasteiger partial charge >= 0.3 is 0 Å². The largest absolute Gasteiger partial charge is 0.489 e. The number of halogens is 1. The molecule has 1 N–H and O–H groups in total. The van der Waals surface area contributed by atoms with Gasteiger partial charge in [0, 0.05) is 10.4 Å². The molecule has 0 fully saturated rings. The average Bonchev–Trinajstić information content (AvgIpc) is 2.53. The summed E-state index contributed by atoms with van der Waals surface area (Å²) in [6.45, 7) is 2.63. The Labute approximate surface area is 134 Å². The van der Waals surface area contributed by atoms with E-state index in [9.17, 15) is 0 Å². The first-order valence-electron chi connectivity index (χ1n) is 7.08. The van der Waals surface area contributed by atoms with Gasteiger partial charge in [0.15, 0.2) is 0 Å². The molecular weight excluding hydrogens is 298 g/mol. The number of nitrogens with zero attached hydrogens (tertiary/aromatic N) is 2. The summed E-state index contributed by atoms with van der Waals surface area (Å²) >= 11 is 5.95. The van der Waals surface area contributed by atoms with Crippen LogP contribution in [0.1, 0.15) is 6.92 Å². The van der Waals surface area contributed by atoms with E-state index in [0.29, 0.717) is 11.6 Å². The number of anilines is 1. The van der Waals surface area contributed by atoms with E-state index in [-0.39, 0.29) is 6.10 Å². The average molecular weight is 314 g/mol. The lowest BCUT2D eigenvalue weighted by Crippen LogP contribution is -2.23. The molecule has 3 rings (SSSR count). The molecular formula is C17H16ClN3O. The van der Waals surface area contributed by atoms with Gasteiger partial charge in [0.2, 0.25) is 0 Å². The minimum atomic E-state index is -0.0211. The Morgan fingerprint density at radius 1 is 1.14 bits per heavy atom. The number of fused-ring (bicyclic) bond motifs is 1. The van der Waals surface area contributed by atoms with Crippen LogP contribution in [0.5, 0.6) is 5.75 Å². The highest BCUT2D eigenvalue weighted by atomic mass is 35.5. The minimum Gasteiger partial charge on any atom is -0.489 e. The highest BCUT2D eigenvalue weighted by Gasteiger charge is 2.07. The Kier molecular flexibility index (Phi) is 4.39. The van der Waals surface area contributed by atoms with Crippen molar-refractivity contribution in [3.63, 3.8) is 0 Å². The highest BCUT2D eigenvalue weighted by molar-refractivity contribution is 6.30. The number of rotatable bonds is 5. The van der Waals surface area contributed by atoms with E-state index >= 15 is 0 Å². The van der Waals surface area contributed by atoms with Crippen LogP contribution in [0.25, 0.3) is 10.9 Å². The molecule has 5 heteroatoms. The second-order valence-electron chi connectivity index (χ2n) is 5.01. The minimum absolute atomic E-state index is 0.0211. The smallest absolute Gasteiger partial charge is 0.137 e. The molecule has 0 aliphatic carbocycles. The zero-order valence-corrected chi connectivity index (χ0v) is 12.9. The van der Waals surface area contributed by atoms with Crippen LogP contribution in [0.4, 0.5) is 5.82 Å². The van der Waals surface area contributed by atoms with Crippen molar-refractivity contribution >= 4 is 28.3 Å². The van der Waals surface area contributed by atoms with Crippen molar-refractivity contribution in [3.8, 4) is 5.75 Å². The number of aromatic nitrogens is 2. The quantitative estimate of drug-likeness (QED) is 0.768. The predicted octanol–water partition coefficient (Wildman–Crippen LogP) is 4.16. The molecule has 0 spiro atoms. The summed E-state index contributed by atoms with van der Waals surface area (Å²) in [5.74, 6) is 1.57. The van der Waals surface area contributed by atoms with Crippen molar-refractivity contribution < 1.29 is 4.74 Å². The van der Waals surface area contributed by atoms with E-state index in [1.54, 1.807) is 12.4 Å². The molecule has 0 bridgehead atoms. The Balaban J connectivity index is 1.66. The molecule has 0 saturated carbocycles. The number of nitrogens with one attached hydrogen (secondary N) is 1. The van der Waals surface area contributed by atoms with Gasteiger partial charge in [0.05, 0.1) is 12.1 Å². The van der Waals surface area contributed by atoms with Crippen LogP contribution < -0.4 is 10.1 Å². The fraction of sp³-hybridized carbons (Fsp3) is 0.176. The van der Waals surface area contributed by atoms with Gasteiger partial charge in [-0.05, 0) is 37.3 Å². The standard InChI is InChI=1S/C17H16ClN3O/c1-12(22-14-6-4-5-13(18)9-14)10-19-17-15-7-2-3-8-16(15)20-11-21-17/h2-9,11-12H,10H2,1H3,(H,19,20,21). The first-order valence-corrected chi connectivity index (χ1v) is 7.46. The second kappa shape index (κ2) is 6.62. The third-order valence-electron chi connectivity index (χ3n) is 3.23. The van der Waals surface area contributed by atoms with Crippen molar-refractivity contribution in [2.45, 2.75) is 13.0 Å². The Morgan fingerprint density at radius 2 is 2.00 bits per heavy atom. The first-order chi connectivity index (χ1) is 10.7. The SMILES string of the molecule is CC(CNc1ncnc2ccccc12)Oc1cccc(Cl)c1. The molecule has 1 aromatic heterocycles. The summed E-state index contributed by atoms with van der Waals surface area (Å²) in [4.78, 5) is 8.55. The molecule has 112 valence electrons. The lowest BCUT2D eigenvalue weighted by molar-refractivity contribution is 0.234. The van der Waals surface area contributed by atoms with Crippen molar-refractivity contribution in [3.05, 3.63) is 59.9 Å². The fourth-order valence-electron chi connectivity index (χ4n) is 2.20. The topological polar surface area (TPSA) is 47.0 Å². The maximum Gasteiger partial charge on any atom is 0.137 e. The van der Waals surface area contributed by atoms with Crippen molar-refractivity contribution in [1.29, 1.82) is 0 Å². The van der Waals surface area contributed by atoms with Crippen LogP contribution >= 0.6 is 11.6 Å². The first kappa shape index (κ1) is 14.6. The maximum absolute atomic E-state index is 5.95. The summed E-state index contributed by atoms with van der Waals surface area (Å²) in [6.07, 6.45) is 1.54. The predicted molar refractivity (Wildman–Crippen MR) is 89.6 cm³/mol. The molecule has 0 saturated heterocycles. The Morgan fingerprint density at radius 3 is 2.86 bits per heavy atom. The van der Waals surface area contributed by atoms with Crippen molar-refractivity contribution in [1.82, 2.24) is 9.97 Å². The molecule has 1 heterocycles. The lowest BCUT2D eigenvalue weighted by Gasteiger charge is -2.16. The van der Waals surface area contributed by atoms with Gasteiger partial charge in [0.1, 0.15) is 24.0 Å². The summed E-state index contributed by atoms with van der Waals surface area (Å²) in [6, 6.07) is 15.3. The molecule has 0 radical (unpaired) electrons. The van der Waals surface area contributed by atoms with E-state index in [1.807, 2.05) is 49.4 Å². The zero-order valence-electron chi connectivity index (χ0n) is 12.2. The van der Waals surface area contributed by atoms with Crippen LogP contribution in [0.2, 0.25) is 5.02 Å². The molecule has 0 aliphatic rings. The molecule has 0 amide bonds. The third-order valence-corrected chi connectivity index (χ3v) is 3.47. The molecule has 0 aliphatic heterocycles. The van der Waals surface area contributed by atoms with Crippen molar-refractivity contribution in [2.24, 2.45) is 0 Å². The molecule has 2 aromatic carbocycles. The number of hydrogen-bond acceptors (Lipinski definition) is 4. The van der Waals surface area contributed by atoms with E-state index < -0.39 is 0 Å². The lowest BCUT2D eigenvalue weighted by atomic mass is 10.2. The van der Waals surface area contributed by atoms with Gasteiger partial charge in [-0.15, -0.1) is 0 Å². The van der Waals surface area contributed by atoms with Crippen LogP contribution in [-0.4, -0.2) is 22.6 Å². The van der Waals surface area contributed by atoms with Crippen LogP contribution in [0.15, 0.2) is 54.9 Å². The van der Waals surface area contributed by atoms with Crippen molar-refractivity contribution in [2.75, 3.05) is 11.9 Å². The molecule has 22 heavy (non-hydrogen) atoms. The summed E-state index contributed by atoms with van der Waals surface area (Å²) < 4.78 is 5.84. The number of ether oxygens (including phenoxy) is 1. The number of benzene rings is 2. The van der Waals surface area contributed by atoms with E-state index in [4.69, 9.17) is 16.3 Å². The summed E-state index contributed by atoms with van der Waals surface area (Å²) in [5.41, 5.74) is 0.920. The van der Waals surface area contributed by atoms with Gasteiger partial charge in [-0.3, -0.25) is 0 Å². The van der Waals surface area contributed by atoms with Gasteiger partial charge < -0.3 is 10.1 Å². The third kappa shape index (κ3) is 3.46. The molecule has 3 aromatic rings. The highest BCUT2D eigenvalue weighted by Crippen LogP contribution is 2.20. The summed E-state index contributed by atoms with van der Waals surface area (Å²) in [7, 11) is 0. The molecule has 1 atom stereocenters. The Hall–Kier alpha value is -2.33. The van der Waals surface area contributed by atoms with E-state index in [0.717, 1.165) is 22.5 Å². The van der Waals surface area contributed by atoms with Crippen LogP contribution in [0, 0.1) is 0 Å². The fourth-order valence-corrected chi connectivity index (χ4v) is 2.38. The van der Waals surface area contributed by atoms with Gasteiger partial charge in [-0.1, -0.05) is 29.8 Å². The number of hydrogen-bond donors (Lipinski definition) is 1. The van der Waals surface area contributed by atoms with Gasteiger partial charge in [-0.2, -0.15) is 0 Å². The van der Waals surface area contributed by atoms with Crippen LogP contribution in [0.3, 0.4) is 0 Å². The molecule has 4 nitrogen and oxygen atoms in total. The molecule has 1 unspecified atom stereocenters. The van der Waals surface area contributed by atoms with Crippen LogP contribution in [-0.2, 0) is 0 Å². The number of para-hydroxylation sites is 1. The monoisotopic (exact) mass is 313 g/mol. The second-order valence-corrected chi connectivity index (χ2v) is 5.44. The normalized spacial score (nSPS) is 12.1. The zero-order chi connectivity index (χ0) is 15.4. The van der Waals surface area contributed by atoms with E-state index in [1.165, 1.54) is 0 Å². The van der Waals surface area contributed by atoms with Gasteiger partial charge in [-0.25, -0.2) is 9.97 Å². The van der Waals surface area contributed by atoms with E-state index in [2.05, 4.69) is 15.3 Å². The Bertz CT molecular complexity index is 773. The van der Waals surface area contributed by atoms with Gasteiger partial charge in [0.25, 0.3) is 0 Å².